The monoisotopic (exact) mass is 585 g/mol. The molecule has 21 heteroatoms. The Bertz CT molecular complexity index is 969. The number of hydrogen-bond donors (Lipinski definition) is 1. The van der Waals surface area contributed by atoms with Gasteiger partial charge in [0.25, 0.3) is 5.91 Å². The molecule has 4 nitrogen and oxygen atoms in total. The van der Waals surface area contributed by atoms with Crippen LogP contribution in [-0.4, -0.2) is 54.3 Å². The second-order valence-corrected chi connectivity index (χ2v) is 6.82. The highest BCUT2D eigenvalue weighted by molar-refractivity contribution is 5.96. The Morgan fingerprint density at radius 3 is 1.41 bits per heavy atom. The third kappa shape index (κ3) is 5.96. The molecule has 37 heavy (non-hydrogen) atoms. The lowest BCUT2D eigenvalue weighted by Crippen LogP contribution is -2.68. The van der Waals surface area contributed by atoms with Crippen molar-refractivity contribution in [3.8, 4) is 0 Å². The third-order valence-corrected chi connectivity index (χ3v) is 3.96. The quantitative estimate of drug-likeness (QED) is 0.342. The lowest BCUT2D eigenvalue weighted by Gasteiger charge is -2.40. The van der Waals surface area contributed by atoms with Crippen LogP contribution in [0.15, 0.2) is 24.3 Å². The molecule has 0 unspecified atom stereocenters. The standard InChI is InChI=1S/C16H8F17NO3/c1-6-2-4-7(5-3-6)34-8(35)9(17,12(21,22)23)36-16(32,33)11(20,14(27,28)29)37-15(30,31)10(18,19)13(24,25)26/h2-5H,1H3,(H,34,35)/t9-,11-/m1/s1. The van der Waals surface area contributed by atoms with Crippen molar-refractivity contribution in [1.82, 2.24) is 0 Å². The van der Waals surface area contributed by atoms with E-state index in [4.69, 9.17) is 0 Å². The second-order valence-electron chi connectivity index (χ2n) is 6.82. The Kier molecular flexibility index (Phi) is 8.17. The number of alkyl halides is 17. The summed E-state index contributed by atoms with van der Waals surface area (Å²) in [6.07, 6.45) is -38.5. The van der Waals surface area contributed by atoms with E-state index in [1.54, 1.807) is 0 Å². The number of hydrogen-bond acceptors (Lipinski definition) is 3. The summed E-state index contributed by atoms with van der Waals surface area (Å²) in [5.74, 6) is -26.2. The summed E-state index contributed by atoms with van der Waals surface area (Å²) in [5, 5.41) is 0.868. The third-order valence-electron chi connectivity index (χ3n) is 3.96. The molecule has 0 aromatic heterocycles. The van der Waals surface area contributed by atoms with Gasteiger partial charge in [-0.15, -0.1) is 0 Å². The topological polar surface area (TPSA) is 47.6 Å². The van der Waals surface area contributed by atoms with Crippen molar-refractivity contribution in [3.63, 3.8) is 0 Å². The van der Waals surface area contributed by atoms with E-state index in [1.165, 1.54) is 11.7 Å². The van der Waals surface area contributed by atoms with Crippen LogP contribution >= 0.6 is 0 Å². The highest BCUT2D eigenvalue weighted by Crippen LogP contribution is 2.56. The molecule has 0 heterocycles. The molecule has 0 bridgehead atoms. The van der Waals surface area contributed by atoms with Crippen LogP contribution < -0.4 is 5.32 Å². The summed E-state index contributed by atoms with van der Waals surface area (Å²) in [5.41, 5.74) is -0.562. The summed E-state index contributed by atoms with van der Waals surface area (Å²) in [7, 11) is 0. The average molecular weight is 585 g/mol. The Labute approximate surface area is 192 Å². The van der Waals surface area contributed by atoms with Crippen LogP contribution in [0, 0.1) is 6.92 Å². The van der Waals surface area contributed by atoms with Crippen LogP contribution in [0.3, 0.4) is 0 Å². The Morgan fingerprint density at radius 1 is 0.622 bits per heavy atom. The van der Waals surface area contributed by atoms with Crippen LogP contribution in [0.4, 0.5) is 80.3 Å². The molecule has 1 aromatic carbocycles. The van der Waals surface area contributed by atoms with Crippen LogP contribution in [0.5, 0.6) is 0 Å². The number of carbonyl (C=O) groups is 1. The van der Waals surface area contributed by atoms with E-state index in [1.807, 2.05) is 4.74 Å². The minimum Gasteiger partial charge on any atom is -0.321 e. The number of benzene rings is 1. The van der Waals surface area contributed by atoms with E-state index in [0.29, 0.717) is 17.7 Å². The molecular weight excluding hydrogens is 577 g/mol. The number of nitrogens with one attached hydrogen (secondary N) is 1. The van der Waals surface area contributed by atoms with Gasteiger partial charge in [0.15, 0.2) is 0 Å². The Balaban J connectivity index is 3.61. The molecule has 2 atom stereocenters. The molecule has 0 radical (unpaired) electrons. The zero-order valence-corrected chi connectivity index (χ0v) is 17.0. The van der Waals surface area contributed by atoms with Crippen molar-refractivity contribution >= 4 is 11.6 Å². The first kappa shape index (κ1) is 32.4. The van der Waals surface area contributed by atoms with Gasteiger partial charge in [-0.2, -0.15) is 74.6 Å². The van der Waals surface area contributed by atoms with E-state index in [0.717, 1.165) is 17.4 Å². The number of rotatable bonds is 8. The van der Waals surface area contributed by atoms with E-state index in [-0.39, 0.29) is 0 Å². The van der Waals surface area contributed by atoms with E-state index < -0.39 is 60.0 Å². The molecule has 1 N–H and O–H groups in total. The molecule has 0 aliphatic heterocycles. The fourth-order valence-corrected chi connectivity index (χ4v) is 2.01. The number of carbonyl (C=O) groups excluding carboxylic acids is 1. The SMILES string of the molecule is Cc1ccc(NC(=O)[C@@](F)(OC(F)(F)[C@](F)(OC(F)(F)C(F)(F)C(F)(F)F)C(F)(F)F)C(F)(F)F)cc1. The lowest BCUT2D eigenvalue weighted by atomic mass is 10.2. The van der Waals surface area contributed by atoms with Gasteiger partial charge in [0, 0.05) is 5.69 Å². The van der Waals surface area contributed by atoms with Gasteiger partial charge in [0.2, 0.25) is 0 Å². The molecule has 1 amide bonds. The molecule has 1 rings (SSSR count). The van der Waals surface area contributed by atoms with Gasteiger partial charge in [-0.05, 0) is 19.1 Å². The minimum atomic E-state index is -8.05. The van der Waals surface area contributed by atoms with Gasteiger partial charge < -0.3 is 5.32 Å². The maximum Gasteiger partial charge on any atom is 0.462 e. The van der Waals surface area contributed by atoms with E-state index in [9.17, 15) is 79.4 Å². The van der Waals surface area contributed by atoms with E-state index in [2.05, 4.69) is 0 Å². The summed E-state index contributed by atoms with van der Waals surface area (Å²) >= 11 is 0. The summed E-state index contributed by atoms with van der Waals surface area (Å²) < 4.78 is 226. The highest BCUT2D eigenvalue weighted by atomic mass is 19.4. The molecule has 0 fully saturated rings. The van der Waals surface area contributed by atoms with Crippen molar-refractivity contribution in [2.24, 2.45) is 0 Å². The summed E-state index contributed by atoms with van der Waals surface area (Å²) in [4.78, 5) is 11.7. The van der Waals surface area contributed by atoms with Crippen molar-refractivity contribution in [2.75, 3.05) is 5.32 Å². The Morgan fingerprint density at radius 2 is 1.05 bits per heavy atom. The number of halogens is 17. The number of ether oxygens (including phenoxy) is 2. The van der Waals surface area contributed by atoms with Gasteiger partial charge in [0.05, 0.1) is 0 Å². The van der Waals surface area contributed by atoms with Crippen molar-refractivity contribution in [2.45, 2.75) is 55.3 Å². The van der Waals surface area contributed by atoms with Gasteiger partial charge in [0.1, 0.15) is 0 Å². The predicted molar refractivity (Wildman–Crippen MR) is 82.7 cm³/mol. The van der Waals surface area contributed by atoms with Crippen molar-refractivity contribution < 1.29 is 88.9 Å². The second kappa shape index (κ2) is 9.31. The first-order valence-electron chi connectivity index (χ1n) is 8.55. The van der Waals surface area contributed by atoms with Gasteiger partial charge >= 0.3 is 48.4 Å². The molecule has 0 spiro atoms. The number of amides is 1. The molecule has 0 saturated heterocycles. The van der Waals surface area contributed by atoms with Crippen LogP contribution in [0.2, 0.25) is 0 Å². The van der Waals surface area contributed by atoms with Crippen LogP contribution in [0.1, 0.15) is 5.56 Å². The molecule has 214 valence electrons. The Hall–Kier alpha value is -2.58. The minimum absolute atomic E-state index is 0.323. The molecule has 0 aliphatic carbocycles. The van der Waals surface area contributed by atoms with E-state index >= 15 is 0 Å². The molecular formula is C16H8F17NO3. The van der Waals surface area contributed by atoms with Gasteiger partial charge in [-0.1, -0.05) is 17.7 Å². The van der Waals surface area contributed by atoms with Gasteiger partial charge in [-0.25, -0.2) is 0 Å². The molecule has 0 saturated carbocycles. The first-order valence-corrected chi connectivity index (χ1v) is 8.55. The van der Waals surface area contributed by atoms with Crippen LogP contribution in [-0.2, 0) is 14.3 Å². The largest absolute Gasteiger partial charge is 0.462 e. The predicted octanol–water partition coefficient (Wildman–Crippen LogP) is 6.81. The summed E-state index contributed by atoms with van der Waals surface area (Å²) in [6, 6.07) is 3.32. The highest BCUT2D eigenvalue weighted by Gasteiger charge is 2.85. The molecule has 1 aromatic rings. The van der Waals surface area contributed by atoms with Crippen LogP contribution in [0.25, 0.3) is 0 Å². The van der Waals surface area contributed by atoms with Gasteiger partial charge in [-0.3, -0.25) is 14.3 Å². The zero-order chi connectivity index (χ0) is 29.7. The number of aryl methyl sites for hydroxylation is 1. The summed E-state index contributed by atoms with van der Waals surface area (Å²) in [6.45, 7) is 1.35. The normalized spacial score (nSPS) is 17.7. The first-order chi connectivity index (χ1) is 16.1. The maximum atomic E-state index is 14.4. The fraction of sp³-hybridized carbons (Fsp3) is 0.562. The number of anilines is 1. The van der Waals surface area contributed by atoms with Crippen molar-refractivity contribution in [1.29, 1.82) is 0 Å². The van der Waals surface area contributed by atoms with Crippen molar-refractivity contribution in [3.05, 3.63) is 29.8 Å². The zero-order valence-electron chi connectivity index (χ0n) is 17.0. The smallest absolute Gasteiger partial charge is 0.321 e. The molecule has 0 aliphatic rings. The maximum absolute atomic E-state index is 14.4. The fourth-order valence-electron chi connectivity index (χ4n) is 2.01. The average Bonchev–Trinajstić information content (AvgIpc) is 2.66. The lowest BCUT2D eigenvalue weighted by molar-refractivity contribution is -0.548.